The van der Waals surface area contributed by atoms with Gasteiger partial charge in [-0.25, -0.2) is 9.29 Å². The van der Waals surface area contributed by atoms with Crippen molar-refractivity contribution in [3.63, 3.8) is 0 Å². The minimum absolute atomic E-state index is 0.0523. The number of anilines is 2. The van der Waals surface area contributed by atoms with Gasteiger partial charge in [-0.15, -0.1) is 0 Å². The highest BCUT2D eigenvalue weighted by molar-refractivity contribution is 6.32. The van der Waals surface area contributed by atoms with Gasteiger partial charge in [-0.3, -0.25) is 24.6 Å². The third kappa shape index (κ3) is 4.95. The van der Waals surface area contributed by atoms with Gasteiger partial charge >= 0.3 is 0 Å². The van der Waals surface area contributed by atoms with E-state index in [9.17, 15) is 23.9 Å². The third-order valence-corrected chi connectivity index (χ3v) is 11.9. The van der Waals surface area contributed by atoms with Crippen LogP contribution < -0.4 is 15.1 Å². The first-order valence-corrected chi connectivity index (χ1v) is 17.6. The summed E-state index contributed by atoms with van der Waals surface area (Å²) in [5.74, 6) is -6.47. The number of carbonyl (C=O) groups is 4. The van der Waals surface area contributed by atoms with Gasteiger partial charge in [0.2, 0.25) is 11.8 Å². The molecule has 0 aromatic heterocycles. The molecule has 0 spiro atoms. The quantitative estimate of drug-likeness (QED) is 0.157. The topological polar surface area (TPSA) is 116 Å². The van der Waals surface area contributed by atoms with E-state index in [1.165, 1.54) is 42.3 Å². The summed E-state index contributed by atoms with van der Waals surface area (Å²) in [6.45, 7) is 1.83. The second kappa shape index (κ2) is 12.5. The normalized spacial score (nSPS) is 26.6. The van der Waals surface area contributed by atoms with Crippen molar-refractivity contribution in [1.29, 1.82) is 0 Å². The molecule has 9 nitrogen and oxygen atoms in total. The van der Waals surface area contributed by atoms with Crippen LogP contribution in [0.5, 0.6) is 11.5 Å². The Hall–Kier alpha value is -5.19. The number of amides is 4. The average molecular weight is 741 g/mol. The molecule has 2 aliphatic heterocycles. The van der Waals surface area contributed by atoms with Crippen molar-refractivity contribution in [2.45, 2.75) is 31.1 Å². The Balaban J connectivity index is 1.33. The van der Waals surface area contributed by atoms with Crippen LogP contribution >= 0.6 is 23.2 Å². The number of fused-ring (bicyclic) bond motifs is 4. The first-order valence-electron chi connectivity index (χ1n) is 16.8. The number of hydrogen-bond donors (Lipinski definition) is 2. The van der Waals surface area contributed by atoms with Crippen LogP contribution in [0.2, 0.25) is 10.0 Å². The molecule has 2 N–H and O–H groups in total. The predicted octanol–water partition coefficient (Wildman–Crippen LogP) is 7.34. The predicted molar refractivity (Wildman–Crippen MR) is 192 cm³/mol. The van der Waals surface area contributed by atoms with E-state index in [1.54, 1.807) is 54.6 Å². The van der Waals surface area contributed by atoms with Crippen molar-refractivity contribution in [3.8, 4) is 11.5 Å². The van der Waals surface area contributed by atoms with Crippen LogP contribution in [-0.4, -0.2) is 40.9 Å². The van der Waals surface area contributed by atoms with Gasteiger partial charge in [0.25, 0.3) is 11.8 Å². The van der Waals surface area contributed by atoms with Gasteiger partial charge in [-0.1, -0.05) is 59.1 Å². The summed E-state index contributed by atoms with van der Waals surface area (Å²) in [6.07, 6.45) is 2.15. The summed E-state index contributed by atoms with van der Waals surface area (Å²) in [5.41, 5.74) is 4.24. The number of phenolic OH excluding ortho intramolecular Hbond substituents is 1. The van der Waals surface area contributed by atoms with E-state index in [1.807, 2.05) is 13.0 Å². The first-order chi connectivity index (χ1) is 24.9. The van der Waals surface area contributed by atoms with Crippen LogP contribution in [0.25, 0.3) is 0 Å². The number of nitrogens with zero attached hydrogens (tertiary/aromatic N) is 2. The number of rotatable bonds is 6. The number of imide groups is 2. The van der Waals surface area contributed by atoms with E-state index in [2.05, 4.69) is 5.43 Å². The number of hydrogen-bond acceptors (Lipinski definition) is 7. The van der Waals surface area contributed by atoms with E-state index in [-0.39, 0.29) is 24.5 Å². The minimum atomic E-state index is -1.63. The van der Waals surface area contributed by atoms with Crippen molar-refractivity contribution in [2.24, 2.45) is 23.7 Å². The van der Waals surface area contributed by atoms with Crippen LogP contribution in [0.15, 0.2) is 96.6 Å². The Morgan fingerprint density at radius 2 is 1.62 bits per heavy atom. The molecule has 3 fully saturated rings. The molecule has 52 heavy (non-hydrogen) atoms. The van der Waals surface area contributed by atoms with Gasteiger partial charge in [-0.05, 0) is 91.4 Å². The summed E-state index contributed by atoms with van der Waals surface area (Å²) in [5, 5.41) is 13.4. The molecule has 2 aliphatic carbocycles. The first kappa shape index (κ1) is 33.9. The average Bonchev–Trinajstić information content (AvgIpc) is 3.51. The lowest BCUT2D eigenvalue weighted by Crippen LogP contribution is -2.53. The van der Waals surface area contributed by atoms with Crippen molar-refractivity contribution in [1.82, 2.24) is 5.01 Å². The smallest absolute Gasteiger partial charge is 0.260 e. The summed E-state index contributed by atoms with van der Waals surface area (Å²) < 4.78 is 19.2. The SMILES string of the molecule is COc1ccc(C2C3=CCC4C(=O)N(c5ccc(C)c(Cl)c5)C(=O)C4C3CC3C(=O)N(Nc4ccc(F)cc4)C(=O)C32c2ccc(Cl)cc2)c(O)c1. The highest BCUT2D eigenvalue weighted by Gasteiger charge is 2.70. The number of hydrazine groups is 1. The number of methoxy groups -OCH3 is 1. The Kier molecular flexibility index (Phi) is 8.15. The molecular weight excluding hydrogens is 708 g/mol. The third-order valence-electron chi connectivity index (χ3n) is 11.2. The molecule has 4 aromatic rings. The molecule has 4 amide bonds. The number of allylic oxidation sites excluding steroid dienone is 2. The molecule has 8 rings (SSSR count). The standard InChI is InChI=1S/C40H32Cl2FN3O6/c1-20-3-12-25(17-32(20)42)45-36(48)29-16-15-27-30(34(29)38(45)50)19-31-37(49)46(44-24-10-8-23(43)9-11-24)39(51)40(31,21-4-6-22(41)7-5-21)35(27)28-14-13-26(52-2)18-33(28)47/h3-15,17-18,29-31,34-35,44,47H,16,19H2,1-2H3. The van der Waals surface area contributed by atoms with E-state index in [0.29, 0.717) is 43.9 Å². The highest BCUT2D eigenvalue weighted by Crippen LogP contribution is 2.65. The fourth-order valence-corrected chi connectivity index (χ4v) is 9.17. The number of aromatic hydroxyl groups is 1. The summed E-state index contributed by atoms with van der Waals surface area (Å²) >= 11 is 12.8. The van der Waals surface area contributed by atoms with Crippen molar-refractivity contribution < 1.29 is 33.4 Å². The van der Waals surface area contributed by atoms with Crippen molar-refractivity contribution >= 4 is 58.2 Å². The maximum absolute atomic E-state index is 15.2. The van der Waals surface area contributed by atoms with Gasteiger partial charge in [0.15, 0.2) is 0 Å². The van der Waals surface area contributed by atoms with E-state index < -0.39 is 58.5 Å². The maximum atomic E-state index is 15.2. The number of benzene rings is 4. The number of carbonyl (C=O) groups excluding carboxylic acids is 4. The molecule has 0 bridgehead atoms. The lowest BCUT2D eigenvalue weighted by molar-refractivity contribution is -0.138. The molecule has 4 aliphatic rings. The number of nitrogens with one attached hydrogen (secondary N) is 1. The van der Waals surface area contributed by atoms with Gasteiger partial charge in [0.05, 0.1) is 41.7 Å². The lowest BCUT2D eigenvalue weighted by Gasteiger charge is -2.50. The summed E-state index contributed by atoms with van der Waals surface area (Å²) in [7, 11) is 1.47. The van der Waals surface area contributed by atoms with Crippen molar-refractivity contribution in [3.05, 3.63) is 129 Å². The molecule has 0 radical (unpaired) electrons. The molecule has 1 saturated carbocycles. The lowest BCUT2D eigenvalue weighted by atomic mass is 9.49. The molecule has 264 valence electrons. The highest BCUT2D eigenvalue weighted by atomic mass is 35.5. The Labute approximate surface area is 308 Å². The van der Waals surface area contributed by atoms with Crippen LogP contribution in [0.1, 0.15) is 35.4 Å². The molecule has 2 heterocycles. The second-order valence-electron chi connectivity index (χ2n) is 13.7. The van der Waals surface area contributed by atoms with Gasteiger partial charge < -0.3 is 9.84 Å². The molecule has 2 saturated heterocycles. The van der Waals surface area contributed by atoms with Gasteiger partial charge in [0.1, 0.15) is 17.3 Å². The zero-order valence-corrected chi connectivity index (χ0v) is 29.5. The number of aryl methyl sites for hydroxylation is 1. The Bertz CT molecular complexity index is 2210. The Morgan fingerprint density at radius 1 is 0.885 bits per heavy atom. The maximum Gasteiger partial charge on any atom is 0.260 e. The van der Waals surface area contributed by atoms with Crippen LogP contribution in [-0.2, 0) is 24.6 Å². The van der Waals surface area contributed by atoms with E-state index >= 15 is 4.79 Å². The second-order valence-corrected chi connectivity index (χ2v) is 14.6. The summed E-state index contributed by atoms with van der Waals surface area (Å²) in [4.78, 5) is 59.7. The number of phenols is 1. The van der Waals surface area contributed by atoms with Gasteiger partial charge in [0, 0.05) is 27.6 Å². The fraction of sp³-hybridized carbons (Fsp3) is 0.250. The van der Waals surface area contributed by atoms with Crippen LogP contribution in [0.4, 0.5) is 15.8 Å². The monoisotopic (exact) mass is 739 g/mol. The van der Waals surface area contributed by atoms with E-state index in [4.69, 9.17) is 27.9 Å². The van der Waals surface area contributed by atoms with Crippen LogP contribution in [0, 0.1) is 36.4 Å². The number of ether oxygens (including phenoxy) is 1. The van der Waals surface area contributed by atoms with Crippen LogP contribution in [0.3, 0.4) is 0 Å². The summed E-state index contributed by atoms with van der Waals surface area (Å²) in [6, 6.07) is 21.8. The zero-order valence-electron chi connectivity index (χ0n) is 28.0. The Morgan fingerprint density at radius 3 is 2.29 bits per heavy atom. The largest absolute Gasteiger partial charge is 0.508 e. The molecule has 4 aromatic carbocycles. The zero-order chi connectivity index (χ0) is 36.6. The number of halogens is 3. The molecular formula is C40H32Cl2FN3O6. The minimum Gasteiger partial charge on any atom is -0.508 e. The van der Waals surface area contributed by atoms with Crippen molar-refractivity contribution in [2.75, 3.05) is 17.4 Å². The molecule has 6 unspecified atom stereocenters. The molecule has 12 heteroatoms. The molecule has 6 atom stereocenters. The van der Waals surface area contributed by atoms with E-state index in [0.717, 1.165) is 10.6 Å². The fourth-order valence-electron chi connectivity index (χ4n) is 8.87. The van der Waals surface area contributed by atoms with Gasteiger partial charge in [-0.2, -0.15) is 5.01 Å².